The molecule has 1 N–H and O–H groups in total. The third-order valence-electron chi connectivity index (χ3n) is 4.55. The normalized spacial score (nSPS) is 15.8. The van der Waals surface area contributed by atoms with Crippen LogP contribution < -0.4 is 0 Å². The highest BCUT2D eigenvalue weighted by Crippen LogP contribution is 2.22. The zero-order valence-corrected chi connectivity index (χ0v) is 15.3. The molecule has 1 aliphatic rings. The van der Waals surface area contributed by atoms with Crippen LogP contribution in [0.3, 0.4) is 0 Å². The molecule has 1 saturated heterocycles. The Morgan fingerprint density at radius 3 is 2.56 bits per heavy atom. The van der Waals surface area contributed by atoms with Crippen molar-refractivity contribution in [2.75, 3.05) is 18.8 Å². The Morgan fingerprint density at radius 1 is 1.04 bits per heavy atom. The minimum absolute atomic E-state index is 0.149. The van der Waals surface area contributed by atoms with Gasteiger partial charge in [0, 0.05) is 30.2 Å². The molecule has 2 aromatic carbocycles. The summed E-state index contributed by atoms with van der Waals surface area (Å²) in [4.78, 5) is 14.6. The maximum absolute atomic E-state index is 12.6. The Balaban J connectivity index is 1.54. The van der Waals surface area contributed by atoms with Gasteiger partial charge in [0.1, 0.15) is 0 Å². The number of likely N-dealkylation sites (tertiary alicyclic amines) is 1. The van der Waals surface area contributed by atoms with E-state index in [9.17, 15) is 9.90 Å². The van der Waals surface area contributed by atoms with E-state index in [4.69, 9.17) is 0 Å². The molecule has 2 aromatic rings. The van der Waals surface area contributed by atoms with Crippen LogP contribution in [0.4, 0.5) is 0 Å². The largest absolute Gasteiger partial charge is 0.388 e. The average molecular weight is 356 g/mol. The summed E-state index contributed by atoms with van der Waals surface area (Å²) in [6, 6.07) is 17.6. The molecule has 132 valence electrons. The number of benzene rings is 2. The molecule has 4 heteroatoms. The molecule has 1 unspecified atom stereocenters. The Hall–Kier alpha value is -1.78. The number of piperidine rings is 1. The molecule has 0 spiro atoms. The van der Waals surface area contributed by atoms with Crippen molar-refractivity contribution in [2.45, 2.75) is 31.1 Å². The first-order chi connectivity index (χ1) is 12.2. The van der Waals surface area contributed by atoms with Crippen molar-refractivity contribution >= 4 is 17.7 Å². The van der Waals surface area contributed by atoms with Gasteiger partial charge in [-0.15, -0.1) is 0 Å². The van der Waals surface area contributed by atoms with Crippen LogP contribution in [0.25, 0.3) is 0 Å². The summed E-state index contributed by atoms with van der Waals surface area (Å²) in [6.45, 7) is 1.75. The van der Waals surface area contributed by atoms with E-state index in [2.05, 4.69) is 6.07 Å². The maximum atomic E-state index is 12.6. The van der Waals surface area contributed by atoms with Crippen LogP contribution in [-0.4, -0.2) is 34.8 Å². The summed E-state index contributed by atoms with van der Waals surface area (Å²) in [7, 11) is 0. The Kier molecular flexibility index (Phi) is 6.54. The first kappa shape index (κ1) is 18.0. The van der Waals surface area contributed by atoms with E-state index in [1.807, 2.05) is 53.4 Å². The van der Waals surface area contributed by atoms with E-state index < -0.39 is 6.10 Å². The van der Waals surface area contributed by atoms with E-state index >= 15 is 0 Å². The van der Waals surface area contributed by atoms with Gasteiger partial charge in [-0.05, 0) is 42.5 Å². The van der Waals surface area contributed by atoms with Crippen LogP contribution in [-0.2, 0) is 5.75 Å². The van der Waals surface area contributed by atoms with Gasteiger partial charge in [-0.1, -0.05) is 42.5 Å². The molecule has 0 aliphatic carbocycles. The first-order valence-corrected chi connectivity index (χ1v) is 10.1. The van der Waals surface area contributed by atoms with Crippen molar-refractivity contribution in [1.82, 2.24) is 4.90 Å². The Morgan fingerprint density at radius 2 is 1.80 bits per heavy atom. The van der Waals surface area contributed by atoms with Gasteiger partial charge in [-0.25, -0.2) is 0 Å². The smallest absolute Gasteiger partial charge is 0.253 e. The molecule has 0 saturated carbocycles. The van der Waals surface area contributed by atoms with Crippen LogP contribution in [0.15, 0.2) is 54.6 Å². The minimum Gasteiger partial charge on any atom is -0.388 e. The fourth-order valence-corrected chi connectivity index (χ4v) is 4.08. The number of amides is 1. The van der Waals surface area contributed by atoms with Gasteiger partial charge in [0.2, 0.25) is 0 Å². The molecule has 1 atom stereocenters. The molecule has 1 aliphatic heterocycles. The van der Waals surface area contributed by atoms with Gasteiger partial charge < -0.3 is 10.0 Å². The molecule has 1 fully saturated rings. The second-order valence-electron chi connectivity index (χ2n) is 6.49. The van der Waals surface area contributed by atoms with Gasteiger partial charge in [0.05, 0.1) is 6.10 Å². The van der Waals surface area contributed by atoms with Crippen molar-refractivity contribution in [3.63, 3.8) is 0 Å². The highest BCUT2D eigenvalue weighted by Gasteiger charge is 2.18. The topological polar surface area (TPSA) is 40.5 Å². The third kappa shape index (κ3) is 5.10. The van der Waals surface area contributed by atoms with Crippen molar-refractivity contribution in [3.8, 4) is 0 Å². The Bertz CT molecular complexity index is 683. The van der Waals surface area contributed by atoms with Gasteiger partial charge in [-0.2, -0.15) is 11.8 Å². The number of carbonyl (C=O) groups excluding carboxylic acids is 1. The molecule has 1 heterocycles. The number of thioether (sulfide) groups is 1. The highest BCUT2D eigenvalue weighted by atomic mass is 32.2. The number of aliphatic hydroxyl groups excluding tert-OH is 1. The van der Waals surface area contributed by atoms with Gasteiger partial charge in [0.15, 0.2) is 0 Å². The van der Waals surface area contributed by atoms with Crippen LogP contribution >= 0.6 is 11.8 Å². The molecule has 25 heavy (non-hydrogen) atoms. The van der Waals surface area contributed by atoms with Crippen LogP contribution in [0, 0.1) is 0 Å². The fourth-order valence-electron chi connectivity index (χ4n) is 3.13. The zero-order chi connectivity index (χ0) is 17.5. The Labute approximate surface area is 154 Å². The fraction of sp³-hybridized carbons (Fsp3) is 0.381. The predicted molar refractivity (Wildman–Crippen MR) is 104 cm³/mol. The quantitative estimate of drug-likeness (QED) is 0.841. The van der Waals surface area contributed by atoms with Crippen molar-refractivity contribution in [1.29, 1.82) is 0 Å². The summed E-state index contributed by atoms with van der Waals surface area (Å²) in [5.74, 6) is 1.59. The van der Waals surface area contributed by atoms with E-state index in [-0.39, 0.29) is 5.91 Å². The average Bonchev–Trinajstić information content (AvgIpc) is 2.69. The van der Waals surface area contributed by atoms with Crippen molar-refractivity contribution < 1.29 is 9.90 Å². The van der Waals surface area contributed by atoms with Crippen LogP contribution in [0.1, 0.15) is 46.9 Å². The van der Waals surface area contributed by atoms with E-state index in [0.717, 1.165) is 48.4 Å². The lowest BCUT2D eigenvalue weighted by Gasteiger charge is -2.26. The number of rotatable bonds is 6. The van der Waals surface area contributed by atoms with Gasteiger partial charge in [-0.3, -0.25) is 4.79 Å². The van der Waals surface area contributed by atoms with Crippen molar-refractivity contribution in [3.05, 3.63) is 71.3 Å². The standard InChI is InChI=1S/C21H25NO2S/c23-20(18-9-3-1-4-10-18)16-25-15-17-8-7-11-19(14-17)21(24)22-12-5-2-6-13-22/h1,3-4,7-11,14,20,23H,2,5-6,12-13,15-16H2. The summed E-state index contributed by atoms with van der Waals surface area (Å²) < 4.78 is 0. The second kappa shape index (κ2) is 9.07. The minimum atomic E-state index is -0.454. The highest BCUT2D eigenvalue weighted by molar-refractivity contribution is 7.98. The maximum Gasteiger partial charge on any atom is 0.253 e. The second-order valence-corrected chi connectivity index (χ2v) is 7.53. The number of hydrogen-bond donors (Lipinski definition) is 1. The molecule has 0 aromatic heterocycles. The van der Waals surface area contributed by atoms with E-state index in [1.165, 1.54) is 6.42 Å². The number of nitrogens with zero attached hydrogens (tertiary/aromatic N) is 1. The number of carbonyl (C=O) groups is 1. The molecule has 3 nitrogen and oxygen atoms in total. The predicted octanol–water partition coefficient (Wildman–Crippen LogP) is 4.28. The van der Waals surface area contributed by atoms with E-state index in [0.29, 0.717) is 5.75 Å². The van der Waals surface area contributed by atoms with Crippen LogP contribution in [0.2, 0.25) is 0 Å². The lowest BCUT2D eigenvalue weighted by atomic mass is 10.1. The SMILES string of the molecule is O=C(c1cccc(CSCC(O)c2ccccc2)c1)N1CCCCC1. The number of aliphatic hydroxyl groups is 1. The van der Waals surface area contributed by atoms with E-state index in [1.54, 1.807) is 11.8 Å². The summed E-state index contributed by atoms with van der Waals surface area (Å²) in [6.07, 6.45) is 2.99. The third-order valence-corrected chi connectivity index (χ3v) is 5.63. The molecule has 0 bridgehead atoms. The lowest BCUT2D eigenvalue weighted by Crippen LogP contribution is -2.35. The molecule has 1 amide bonds. The summed E-state index contributed by atoms with van der Waals surface area (Å²) in [5, 5.41) is 10.2. The summed E-state index contributed by atoms with van der Waals surface area (Å²) >= 11 is 1.69. The number of hydrogen-bond acceptors (Lipinski definition) is 3. The van der Waals surface area contributed by atoms with Gasteiger partial charge >= 0.3 is 0 Å². The van der Waals surface area contributed by atoms with Gasteiger partial charge in [0.25, 0.3) is 5.91 Å². The first-order valence-electron chi connectivity index (χ1n) is 8.93. The molecular weight excluding hydrogens is 330 g/mol. The lowest BCUT2D eigenvalue weighted by molar-refractivity contribution is 0.0724. The molecule has 3 rings (SSSR count). The molecule has 0 radical (unpaired) electrons. The zero-order valence-electron chi connectivity index (χ0n) is 14.4. The monoisotopic (exact) mass is 355 g/mol. The summed E-state index contributed by atoms with van der Waals surface area (Å²) in [5.41, 5.74) is 2.86. The molecular formula is C21H25NO2S. The van der Waals surface area contributed by atoms with Crippen LogP contribution in [0.5, 0.6) is 0 Å². The van der Waals surface area contributed by atoms with Crippen molar-refractivity contribution in [2.24, 2.45) is 0 Å².